The topological polar surface area (TPSA) is 62.1 Å². The number of H-pyrrole nitrogens is 1. The predicted octanol–water partition coefficient (Wildman–Crippen LogP) is 4.39. The van der Waals surface area contributed by atoms with E-state index in [1.807, 2.05) is 18.2 Å². The molecular formula is C22H18FN3O2. The number of fused-ring (bicyclic) bond motifs is 3. The van der Waals surface area contributed by atoms with Crippen molar-refractivity contribution in [3.8, 4) is 0 Å². The number of hydrogen-bond donors (Lipinski definition) is 1. The molecule has 4 aromatic rings. The number of para-hydroxylation sites is 1. The molecule has 0 spiro atoms. The molecule has 28 heavy (non-hydrogen) atoms. The second-order valence-corrected chi connectivity index (χ2v) is 7.00. The predicted molar refractivity (Wildman–Crippen MR) is 103 cm³/mol. The van der Waals surface area contributed by atoms with Gasteiger partial charge in [-0.25, -0.2) is 9.37 Å². The number of aryl methyl sites for hydroxylation is 1. The summed E-state index contributed by atoms with van der Waals surface area (Å²) in [6.07, 6.45) is 1.95. The third kappa shape index (κ3) is 2.45. The van der Waals surface area contributed by atoms with Gasteiger partial charge in [-0.1, -0.05) is 36.4 Å². The van der Waals surface area contributed by atoms with Crippen LogP contribution in [-0.2, 0) is 6.42 Å². The van der Waals surface area contributed by atoms with E-state index in [2.05, 4.69) is 16.0 Å². The number of nitrogens with zero attached hydrogens (tertiary/aromatic N) is 2. The number of amides is 1. The van der Waals surface area contributed by atoms with Crippen molar-refractivity contribution in [2.24, 2.45) is 0 Å². The Morgan fingerprint density at radius 3 is 2.79 bits per heavy atom. The Morgan fingerprint density at radius 2 is 2.00 bits per heavy atom. The van der Waals surface area contributed by atoms with Crippen LogP contribution in [0.25, 0.3) is 10.9 Å². The number of rotatable bonds is 2. The zero-order chi connectivity index (χ0) is 19.3. The number of aromatic nitrogens is 2. The van der Waals surface area contributed by atoms with Gasteiger partial charge in [0, 0.05) is 28.7 Å². The van der Waals surface area contributed by atoms with Gasteiger partial charge < -0.3 is 14.3 Å². The molecule has 1 aliphatic rings. The Hall–Kier alpha value is -3.41. The van der Waals surface area contributed by atoms with Crippen molar-refractivity contribution in [3.05, 3.63) is 89.0 Å². The summed E-state index contributed by atoms with van der Waals surface area (Å²) in [5.74, 6) is -0.431. The van der Waals surface area contributed by atoms with Crippen LogP contribution in [0.3, 0.4) is 0 Å². The van der Waals surface area contributed by atoms with Crippen LogP contribution < -0.4 is 0 Å². The van der Waals surface area contributed by atoms with E-state index < -0.39 is 6.04 Å². The van der Waals surface area contributed by atoms with Gasteiger partial charge in [0.25, 0.3) is 5.91 Å². The monoisotopic (exact) mass is 375 g/mol. The number of hydrogen-bond acceptors (Lipinski definition) is 3. The number of halogens is 1. The summed E-state index contributed by atoms with van der Waals surface area (Å²) in [5.41, 5.74) is 3.95. The molecule has 6 heteroatoms. The molecule has 0 aliphatic carbocycles. The fourth-order valence-electron chi connectivity index (χ4n) is 4.12. The minimum Gasteiger partial charge on any atom is -0.438 e. The standard InChI is InChI=1S/C22H18FN3O2/c1-13-21(28-12-24-13)22(27)26-11-10-15-14-6-3-5-9-18(14)25-19(15)20(26)16-7-2-4-8-17(16)23/h2-9,12,20,25H,10-11H2,1H3/t20-/m0/s1. The summed E-state index contributed by atoms with van der Waals surface area (Å²) in [6, 6.07) is 14.0. The first kappa shape index (κ1) is 16.7. The highest BCUT2D eigenvalue weighted by molar-refractivity contribution is 5.94. The number of carbonyl (C=O) groups excluding carboxylic acids is 1. The molecule has 2 aromatic carbocycles. The average molecular weight is 375 g/mol. The van der Waals surface area contributed by atoms with E-state index in [0.29, 0.717) is 24.2 Å². The molecule has 5 rings (SSSR count). The second-order valence-electron chi connectivity index (χ2n) is 7.00. The number of aromatic amines is 1. The quantitative estimate of drug-likeness (QED) is 0.565. The van der Waals surface area contributed by atoms with E-state index >= 15 is 0 Å². The van der Waals surface area contributed by atoms with Gasteiger partial charge in [-0.15, -0.1) is 0 Å². The minimum atomic E-state index is -0.561. The lowest BCUT2D eigenvalue weighted by molar-refractivity contribution is 0.0655. The normalized spacial score (nSPS) is 16.4. The van der Waals surface area contributed by atoms with Gasteiger partial charge in [0.05, 0.1) is 5.69 Å². The van der Waals surface area contributed by atoms with Crippen molar-refractivity contribution in [1.82, 2.24) is 14.9 Å². The Labute approximate surface area is 160 Å². The Bertz CT molecular complexity index is 1190. The summed E-state index contributed by atoms with van der Waals surface area (Å²) in [4.78, 5) is 22.4. The summed E-state index contributed by atoms with van der Waals surface area (Å²) in [6.45, 7) is 2.19. The number of oxazole rings is 1. The molecule has 1 atom stereocenters. The molecule has 0 fully saturated rings. The number of nitrogens with one attached hydrogen (secondary N) is 1. The highest BCUT2D eigenvalue weighted by atomic mass is 19.1. The fraction of sp³-hybridized carbons (Fsp3) is 0.182. The van der Waals surface area contributed by atoms with Crippen LogP contribution in [0.1, 0.15) is 39.1 Å². The Morgan fingerprint density at radius 1 is 1.21 bits per heavy atom. The van der Waals surface area contributed by atoms with Crippen molar-refractivity contribution in [2.75, 3.05) is 6.54 Å². The van der Waals surface area contributed by atoms with E-state index in [9.17, 15) is 9.18 Å². The molecule has 1 N–H and O–H groups in total. The van der Waals surface area contributed by atoms with Crippen molar-refractivity contribution in [3.63, 3.8) is 0 Å². The van der Waals surface area contributed by atoms with Crippen molar-refractivity contribution >= 4 is 16.8 Å². The molecule has 3 heterocycles. The van der Waals surface area contributed by atoms with Gasteiger partial charge in [-0.2, -0.15) is 0 Å². The van der Waals surface area contributed by atoms with Crippen LogP contribution in [0.4, 0.5) is 4.39 Å². The molecule has 0 unspecified atom stereocenters. The molecule has 1 amide bonds. The smallest absolute Gasteiger partial charge is 0.292 e. The van der Waals surface area contributed by atoms with E-state index in [-0.39, 0.29) is 17.5 Å². The molecule has 1 aliphatic heterocycles. The second kappa shape index (κ2) is 6.34. The first-order valence-corrected chi connectivity index (χ1v) is 9.20. The lowest BCUT2D eigenvalue weighted by Gasteiger charge is -2.35. The van der Waals surface area contributed by atoms with Gasteiger partial charge in [0.1, 0.15) is 11.9 Å². The molecule has 140 valence electrons. The molecule has 0 saturated carbocycles. The number of carbonyl (C=O) groups is 1. The van der Waals surface area contributed by atoms with E-state index in [0.717, 1.165) is 22.2 Å². The van der Waals surface area contributed by atoms with Gasteiger partial charge in [0.2, 0.25) is 5.76 Å². The largest absolute Gasteiger partial charge is 0.438 e. The molecule has 5 nitrogen and oxygen atoms in total. The summed E-state index contributed by atoms with van der Waals surface area (Å²) in [7, 11) is 0. The molecule has 0 bridgehead atoms. The highest BCUT2D eigenvalue weighted by Gasteiger charge is 2.37. The lowest BCUT2D eigenvalue weighted by atomic mass is 9.91. The zero-order valence-electron chi connectivity index (χ0n) is 15.3. The van der Waals surface area contributed by atoms with Gasteiger partial charge >= 0.3 is 0 Å². The van der Waals surface area contributed by atoms with Crippen LogP contribution in [0.2, 0.25) is 0 Å². The van der Waals surface area contributed by atoms with E-state index in [4.69, 9.17) is 4.42 Å². The maximum Gasteiger partial charge on any atom is 0.292 e. The fourth-order valence-corrected chi connectivity index (χ4v) is 4.12. The summed E-state index contributed by atoms with van der Waals surface area (Å²) < 4.78 is 20.1. The number of benzene rings is 2. The molecular weight excluding hydrogens is 357 g/mol. The van der Waals surface area contributed by atoms with Crippen LogP contribution >= 0.6 is 0 Å². The lowest BCUT2D eigenvalue weighted by Crippen LogP contribution is -2.41. The third-order valence-electron chi connectivity index (χ3n) is 5.43. The zero-order valence-corrected chi connectivity index (χ0v) is 15.3. The van der Waals surface area contributed by atoms with Crippen LogP contribution in [-0.4, -0.2) is 27.3 Å². The van der Waals surface area contributed by atoms with E-state index in [1.54, 1.807) is 30.0 Å². The Balaban J connectivity index is 1.71. The molecule has 0 saturated heterocycles. The first-order chi connectivity index (χ1) is 13.6. The van der Waals surface area contributed by atoms with Crippen molar-refractivity contribution in [2.45, 2.75) is 19.4 Å². The Kier molecular flexibility index (Phi) is 3.79. The molecule has 0 radical (unpaired) electrons. The van der Waals surface area contributed by atoms with Crippen LogP contribution in [0.15, 0.2) is 59.3 Å². The average Bonchev–Trinajstić information content (AvgIpc) is 3.30. The molecule has 2 aromatic heterocycles. The summed E-state index contributed by atoms with van der Waals surface area (Å²) >= 11 is 0. The van der Waals surface area contributed by atoms with Gasteiger partial charge in [-0.05, 0) is 31.0 Å². The summed E-state index contributed by atoms with van der Waals surface area (Å²) in [5, 5.41) is 1.11. The van der Waals surface area contributed by atoms with Gasteiger partial charge in [-0.3, -0.25) is 4.79 Å². The van der Waals surface area contributed by atoms with E-state index in [1.165, 1.54) is 12.5 Å². The van der Waals surface area contributed by atoms with Gasteiger partial charge in [0.15, 0.2) is 6.39 Å². The first-order valence-electron chi connectivity index (χ1n) is 9.20. The van der Waals surface area contributed by atoms with Crippen LogP contribution in [0, 0.1) is 12.7 Å². The highest BCUT2D eigenvalue weighted by Crippen LogP contribution is 2.40. The SMILES string of the molecule is Cc1ncoc1C(=O)N1CCc2c([nH]c3ccccc23)[C@@H]1c1ccccc1F. The third-order valence-corrected chi connectivity index (χ3v) is 5.43. The van der Waals surface area contributed by atoms with Crippen molar-refractivity contribution < 1.29 is 13.6 Å². The maximum absolute atomic E-state index is 14.8. The minimum absolute atomic E-state index is 0.195. The maximum atomic E-state index is 14.8. The van der Waals surface area contributed by atoms with Crippen LogP contribution in [0.5, 0.6) is 0 Å². The van der Waals surface area contributed by atoms with Crippen molar-refractivity contribution in [1.29, 1.82) is 0 Å².